The summed E-state index contributed by atoms with van der Waals surface area (Å²) in [5.74, 6) is 0. The lowest BCUT2D eigenvalue weighted by Crippen LogP contribution is -2.67. The second-order valence-corrected chi connectivity index (χ2v) is 11.1. The molecule has 0 unspecified atom stereocenters. The van der Waals surface area contributed by atoms with E-state index in [-0.39, 0.29) is 0 Å². The SMILES string of the molecule is C[C@@H]1O[C@@H](O[C@@H]2[C@@H](O)[C@H](O)O[C@H](CO)[C@H]2O[C@@H]2O[C@H](CO)[C@H](O)[C@H](O)[C@H]2O[C@@H]2O[C@@H](C)[C@@H](O)[C@@H](O)[C@@H]2O)[C@@H](O)[C@H](O)[C@@H]1O. The van der Waals surface area contributed by atoms with E-state index in [4.69, 9.17) is 33.2 Å². The molecule has 12 N–H and O–H groups in total. The third-order valence-electron chi connectivity index (χ3n) is 8.13. The molecule has 0 aromatic carbocycles. The van der Waals surface area contributed by atoms with Crippen LogP contribution in [-0.4, -0.2) is 197 Å². The molecule has 4 aliphatic heterocycles. The summed E-state index contributed by atoms with van der Waals surface area (Å²) in [6, 6.07) is 0. The first kappa shape index (κ1) is 35.1. The van der Waals surface area contributed by atoms with Crippen LogP contribution in [0.25, 0.3) is 0 Å². The third kappa shape index (κ3) is 7.00. The highest BCUT2D eigenvalue weighted by Gasteiger charge is 2.55. The number of hydrogen-bond acceptors (Lipinski definition) is 19. The van der Waals surface area contributed by atoms with E-state index < -0.39 is 136 Å². The summed E-state index contributed by atoms with van der Waals surface area (Å²) < 4.78 is 38.9. The van der Waals surface area contributed by atoms with Crippen LogP contribution in [0.5, 0.6) is 0 Å². The predicted octanol–water partition coefficient (Wildman–Crippen LogP) is -7.69. The van der Waals surface area contributed by atoms with Gasteiger partial charge in [0, 0.05) is 0 Å². The lowest BCUT2D eigenvalue weighted by Gasteiger charge is -2.49. The van der Waals surface area contributed by atoms with Gasteiger partial charge in [-0.25, -0.2) is 0 Å². The molecule has 43 heavy (non-hydrogen) atoms. The van der Waals surface area contributed by atoms with Crippen LogP contribution in [0, 0.1) is 0 Å². The quantitative estimate of drug-likeness (QED) is 0.118. The Balaban J connectivity index is 1.62. The van der Waals surface area contributed by atoms with Gasteiger partial charge in [-0.15, -0.1) is 0 Å². The van der Waals surface area contributed by atoms with E-state index in [1.165, 1.54) is 13.8 Å². The van der Waals surface area contributed by atoms with Crippen molar-refractivity contribution in [2.75, 3.05) is 13.2 Å². The van der Waals surface area contributed by atoms with Crippen molar-refractivity contribution in [3.8, 4) is 0 Å². The maximum atomic E-state index is 10.9. The van der Waals surface area contributed by atoms with E-state index in [1.807, 2.05) is 0 Å². The molecule has 19 nitrogen and oxygen atoms in total. The molecule has 19 heteroatoms. The second kappa shape index (κ2) is 14.3. The zero-order valence-corrected chi connectivity index (χ0v) is 23.2. The minimum atomic E-state index is -1.97. The molecular weight excluding hydrogens is 592 g/mol. The molecule has 20 atom stereocenters. The van der Waals surface area contributed by atoms with Crippen molar-refractivity contribution in [3.05, 3.63) is 0 Å². The highest BCUT2D eigenvalue weighted by molar-refractivity contribution is 4.97. The Bertz CT molecular complexity index is 886. The average Bonchev–Trinajstić information content (AvgIpc) is 2.98. The fourth-order valence-electron chi connectivity index (χ4n) is 5.40. The van der Waals surface area contributed by atoms with Gasteiger partial charge in [-0.2, -0.15) is 0 Å². The van der Waals surface area contributed by atoms with Gasteiger partial charge in [0.1, 0.15) is 85.5 Å². The van der Waals surface area contributed by atoms with Gasteiger partial charge >= 0.3 is 0 Å². The summed E-state index contributed by atoms with van der Waals surface area (Å²) in [6.07, 6.45) is -33.2. The standard InChI is InChI=1S/C24H42O19/c1-5-9(27)12(30)15(33)22(37-5)42-19-17(35)21(36)39-8(4-26)18(19)41-24-20(14(32)11(29)7(3-25)40-24)43-23-16(34)13(31)10(28)6(2)38-23/h5-36H,3-4H2,1-2H3/t5-,6-,7+,8+,9+,10+,11-,12+,13+,14-,15-,16-,17+,18+,19+,20+,21+,22-,23-,24-/m0/s1. The molecule has 0 spiro atoms. The first-order chi connectivity index (χ1) is 20.2. The van der Waals surface area contributed by atoms with Gasteiger partial charge in [0.25, 0.3) is 0 Å². The van der Waals surface area contributed by atoms with Crippen LogP contribution in [0.15, 0.2) is 0 Å². The Morgan fingerprint density at radius 2 is 0.884 bits per heavy atom. The molecule has 4 rings (SSSR count). The van der Waals surface area contributed by atoms with E-state index >= 15 is 0 Å². The molecule has 0 radical (unpaired) electrons. The molecule has 4 heterocycles. The Kier molecular flexibility index (Phi) is 11.7. The molecule has 252 valence electrons. The van der Waals surface area contributed by atoms with E-state index in [0.717, 1.165) is 0 Å². The van der Waals surface area contributed by atoms with Crippen LogP contribution >= 0.6 is 0 Å². The fourth-order valence-corrected chi connectivity index (χ4v) is 5.40. The Morgan fingerprint density at radius 1 is 0.419 bits per heavy atom. The van der Waals surface area contributed by atoms with Gasteiger partial charge in [0.15, 0.2) is 25.2 Å². The van der Waals surface area contributed by atoms with Crippen molar-refractivity contribution in [1.82, 2.24) is 0 Å². The van der Waals surface area contributed by atoms with Crippen molar-refractivity contribution < 1.29 is 94.4 Å². The van der Waals surface area contributed by atoms with Crippen LogP contribution in [0.1, 0.15) is 13.8 Å². The minimum Gasteiger partial charge on any atom is -0.394 e. The smallest absolute Gasteiger partial charge is 0.187 e. The highest BCUT2D eigenvalue weighted by Crippen LogP contribution is 2.35. The van der Waals surface area contributed by atoms with Crippen molar-refractivity contribution in [3.63, 3.8) is 0 Å². The van der Waals surface area contributed by atoms with E-state index in [1.54, 1.807) is 0 Å². The largest absolute Gasteiger partial charge is 0.394 e. The number of ether oxygens (including phenoxy) is 7. The molecule has 0 saturated carbocycles. The van der Waals surface area contributed by atoms with Crippen LogP contribution in [0.4, 0.5) is 0 Å². The highest BCUT2D eigenvalue weighted by atomic mass is 16.8. The maximum Gasteiger partial charge on any atom is 0.187 e. The molecule has 4 saturated heterocycles. The number of aliphatic hydroxyl groups is 12. The van der Waals surface area contributed by atoms with E-state index in [9.17, 15) is 61.3 Å². The van der Waals surface area contributed by atoms with Crippen LogP contribution in [0.2, 0.25) is 0 Å². The summed E-state index contributed by atoms with van der Waals surface area (Å²) >= 11 is 0. The molecule has 0 aliphatic carbocycles. The Labute approximate surface area is 244 Å². The first-order valence-corrected chi connectivity index (χ1v) is 13.8. The fraction of sp³-hybridized carbons (Fsp3) is 1.00. The lowest BCUT2D eigenvalue weighted by atomic mass is 9.95. The molecule has 4 aliphatic rings. The third-order valence-corrected chi connectivity index (χ3v) is 8.13. The minimum absolute atomic E-state index is 0.832. The summed E-state index contributed by atoms with van der Waals surface area (Å²) in [5, 5.41) is 123. The lowest BCUT2D eigenvalue weighted by molar-refractivity contribution is -0.398. The number of hydrogen-bond donors (Lipinski definition) is 12. The van der Waals surface area contributed by atoms with Crippen LogP contribution < -0.4 is 0 Å². The van der Waals surface area contributed by atoms with Crippen molar-refractivity contribution in [2.24, 2.45) is 0 Å². The summed E-state index contributed by atoms with van der Waals surface area (Å²) in [5.41, 5.74) is 0. The normalized spacial score (nSPS) is 54.8. The molecule has 4 fully saturated rings. The Morgan fingerprint density at radius 3 is 1.37 bits per heavy atom. The van der Waals surface area contributed by atoms with E-state index in [2.05, 4.69) is 0 Å². The average molecular weight is 635 g/mol. The second-order valence-electron chi connectivity index (χ2n) is 11.1. The van der Waals surface area contributed by atoms with Gasteiger partial charge in [0.2, 0.25) is 0 Å². The van der Waals surface area contributed by atoms with Crippen molar-refractivity contribution in [2.45, 2.75) is 137 Å². The molecular formula is C24H42O19. The monoisotopic (exact) mass is 634 g/mol. The topological polar surface area (TPSA) is 307 Å². The molecule has 0 aromatic rings. The Hall–Kier alpha value is -0.760. The summed E-state index contributed by atoms with van der Waals surface area (Å²) in [6.45, 7) is 1.04. The zero-order chi connectivity index (χ0) is 31.9. The van der Waals surface area contributed by atoms with Gasteiger partial charge in [-0.3, -0.25) is 0 Å². The van der Waals surface area contributed by atoms with Gasteiger partial charge < -0.3 is 94.4 Å². The van der Waals surface area contributed by atoms with Gasteiger partial charge in [-0.1, -0.05) is 0 Å². The molecule has 0 amide bonds. The molecule has 0 aromatic heterocycles. The van der Waals surface area contributed by atoms with Gasteiger partial charge in [-0.05, 0) is 13.8 Å². The van der Waals surface area contributed by atoms with Gasteiger partial charge in [0.05, 0.1) is 25.4 Å². The predicted molar refractivity (Wildman–Crippen MR) is 131 cm³/mol. The maximum absolute atomic E-state index is 10.9. The summed E-state index contributed by atoms with van der Waals surface area (Å²) in [7, 11) is 0. The zero-order valence-electron chi connectivity index (χ0n) is 23.2. The van der Waals surface area contributed by atoms with E-state index in [0.29, 0.717) is 0 Å². The van der Waals surface area contributed by atoms with Crippen LogP contribution in [0.3, 0.4) is 0 Å². The first-order valence-electron chi connectivity index (χ1n) is 13.8. The summed E-state index contributed by atoms with van der Waals surface area (Å²) in [4.78, 5) is 0. The number of aliphatic hydroxyl groups excluding tert-OH is 12. The number of rotatable bonds is 8. The van der Waals surface area contributed by atoms with Crippen LogP contribution in [-0.2, 0) is 33.2 Å². The van der Waals surface area contributed by atoms with Crippen molar-refractivity contribution in [1.29, 1.82) is 0 Å². The van der Waals surface area contributed by atoms with Crippen molar-refractivity contribution >= 4 is 0 Å². The molecule has 0 bridgehead atoms.